The summed E-state index contributed by atoms with van der Waals surface area (Å²) in [6.07, 6.45) is 8.87. The predicted molar refractivity (Wildman–Crippen MR) is 86.1 cm³/mol. The predicted octanol–water partition coefficient (Wildman–Crippen LogP) is 3.66. The first kappa shape index (κ1) is 17.4. The summed E-state index contributed by atoms with van der Waals surface area (Å²) >= 11 is 0. The molecule has 1 aromatic carbocycles. The molecule has 1 aromatic rings. The smallest absolute Gasteiger partial charge is 0.220 e. The highest BCUT2D eigenvalue weighted by molar-refractivity contribution is 5.79. The number of rotatable bonds is 11. The van der Waals surface area contributed by atoms with Gasteiger partial charge in [0.25, 0.3) is 0 Å². The van der Waals surface area contributed by atoms with Gasteiger partial charge >= 0.3 is 0 Å². The minimum atomic E-state index is -0.417. The van der Waals surface area contributed by atoms with Crippen LogP contribution in [0.1, 0.15) is 57.4 Å². The highest BCUT2D eigenvalue weighted by atomic mass is 16.2. The van der Waals surface area contributed by atoms with Crippen molar-refractivity contribution in [2.45, 2.75) is 64.3 Å². The fourth-order valence-corrected chi connectivity index (χ4v) is 2.35. The first-order chi connectivity index (χ1) is 10.3. The van der Waals surface area contributed by atoms with Crippen LogP contribution < -0.4 is 5.32 Å². The number of nitrogens with one attached hydrogen (secondary N) is 1. The van der Waals surface area contributed by atoms with Crippen LogP contribution >= 0.6 is 0 Å². The van der Waals surface area contributed by atoms with Crippen LogP contribution in [0.2, 0.25) is 0 Å². The number of carbonyl (C=O) groups excluding carboxylic acids is 2. The summed E-state index contributed by atoms with van der Waals surface area (Å²) in [7, 11) is 0. The largest absolute Gasteiger partial charge is 0.346 e. The van der Waals surface area contributed by atoms with E-state index < -0.39 is 6.04 Å². The fraction of sp³-hybridized carbons (Fsp3) is 0.556. The molecule has 0 saturated carbocycles. The lowest BCUT2D eigenvalue weighted by molar-refractivity contribution is -0.124. The van der Waals surface area contributed by atoms with Gasteiger partial charge in [-0.3, -0.25) is 4.79 Å². The summed E-state index contributed by atoms with van der Waals surface area (Å²) in [5.74, 6) is -0.0153. The maximum Gasteiger partial charge on any atom is 0.220 e. The molecule has 0 aromatic heterocycles. The van der Waals surface area contributed by atoms with E-state index in [0.717, 1.165) is 24.7 Å². The van der Waals surface area contributed by atoms with E-state index in [9.17, 15) is 9.59 Å². The third-order valence-electron chi connectivity index (χ3n) is 3.57. The van der Waals surface area contributed by atoms with Crippen molar-refractivity contribution in [1.29, 1.82) is 0 Å². The Balaban J connectivity index is 2.20. The summed E-state index contributed by atoms with van der Waals surface area (Å²) < 4.78 is 0. The zero-order chi connectivity index (χ0) is 15.3. The first-order valence-corrected chi connectivity index (χ1v) is 8.04. The first-order valence-electron chi connectivity index (χ1n) is 8.04. The highest BCUT2D eigenvalue weighted by Crippen LogP contribution is 2.07. The van der Waals surface area contributed by atoms with Crippen molar-refractivity contribution in [2.75, 3.05) is 0 Å². The topological polar surface area (TPSA) is 46.2 Å². The van der Waals surface area contributed by atoms with Crippen LogP contribution in [0.3, 0.4) is 0 Å². The molecule has 0 heterocycles. The minimum Gasteiger partial charge on any atom is -0.346 e. The van der Waals surface area contributed by atoms with Crippen LogP contribution in [-0.4, -0.2) is 18.2 Å². The van der Waals surface area contributed by atoms with Crippen LogP contribution in [0.25, 0.3) is 0 Å². The van der Waals surface area contributed by atoms with Gasteiger partial charge in [-0.15, -0.1) is 0 Å². The fourth-order valence-electron chi connectivity index (χ4n) is 2.35. The van der Waals surface area contributed by atoms with Crippen molar-refractivity contribution in [2.24, 2.45) is 0 Å². The number of hydrogen-bond donors (Lipinski definition) is 1. The molecule has 0 spiro atoms. The molecule has 21 heavy (non-hydrogen) atoms. The standard InChI is InChI=1S/C18H27NO2/c1-2-3-4-5-6-10-13-18(21)19-17(15-20)14-16-11-8-7-9-12-16/h7-9,11-12,15,17H,2-6,10,13-14H2,1H3,(H,19,21). The molecule has 0 aliphatic heterocycles. The van der Waals surface area contributed by atoms with Crippen LogP contribution in [0, 0.1) is 0 Å². The quantitative estimate of drug-likeness (QED) is 0.499. The van der Waals surface area contributed by atoms with Crippen LogP contribution in [0.15, 0.2) is 30.3 Å². The van der Waals surface area contributed by atoms with Gasteiger partial charge in [0.15, 0.2) is 0 Å². The van der Waals surface area contributed by atoms with Gasteiger partial charge in [-0.1, -0.05) is 69.4 Å². The molecule has 1 unspecified atom stereocenters. The van der Waals surface area contributed by atoms with Crippen LogP contribution in [0.4, 0.5) is 0 Å². The molecule has 3 heteroatoms. The van der Waals surface area contributed by atoms with Gasteiger partial charge in [0, 0.05) is 6.42 Å². The summed E-state index contributed by atoms with van der Waals surface area (Å²) in [5, 5.41) is 2.81. The van der Waals surface area contributed by atoms with E-state index in [2.05, 4.69) is 12.2 Å². The van der Waals surface area contributed by atoms with Crippen LogP contribution in [-0.2, 0) is 16.0 Å². The Labute approximate surface area is 128 Å². The third-order valence-corrected chi connectivity index (χ3v) is 3.57. The molecular weight excluding hydrogens is 262 g/mol. The van der Waals surface area contributed by atoms with E-state index in [1.54, 1.807) is 0 Å². The lowest BCUT2D eigenvalue weighted by Crippen LogP contribution is -2.37. The lowest BCUT2D eigenvalue weighted by Gasteiger charge is -2.12. The second kappa shape index (κ2) is 11.1. The van der Waals surface area contributed by atoms with Crippen molar-refractivity contribution in [3.8, 4) is 0 Å². The van der Waals surface area contributed by atoms with Gasteiger partial charge in [-0.2, -0.15) is 0 Å². The van der Waals surface area contributed by atoms with Crippen molar-refractivity contribution >= 4 is 12.2 Å². The third kappa shape index (κ3) is 8.28. The molecule has 0 radical (unpaired) electrons. The zero-order valence-corrected chi connectivity index (χ0v) is 13.0. The molecule has 0 aliphatic carbocycles. The van der Waals surface area contributed by atoms with Crippen molar-refractivity contribution < 1.29 is 9.59 Å². The zero-order valence-electron chi connectivity index (χ0n) is 13.0. The van der Waals surface area contributed by atoms with E-state index in [4.69, 9.17) is 0 Å². The summed E-state index contributed by atoms with van der Waals surface area (Å²) in [6.45, 7) is 2.19. The molecule has 3 nitrogen and oxygen atoms in total. The van der Waals surface area contributed by atoms with E-state index in [1.165, 1.54) is 25.7 Å². The van der Waals surface area contributed by atoms with E-state index in [1.807, 2.05) is 30.3 Å². The molecule has 0 saturated heterocycles. The van der Waals surface area contributed by atoms with Crippen LogP contribution in [0.5, 0.6) is 0 Å². The molecule has 1 amide bonds. The van der Waals surface area contributed by atoms with Crippen molar-refractivity contribution in [3.05, 3.63) is 35.9 Å². The van der Waals surface area contributed by atoms with Gasteiger partial charge in [0.1, 0.15) is 6.29 Å². The molecule has 0 fully saturated rings. The number of aldehydes is 1. The lowest BCUT2D eigenvalue weighted by atomic mass is 10.1. The van der Waals surface area contributed by atoms with Gasteiger partial charge < -0.3 is 10.1 Å². The number of hydrogen-bond acceptors (Lipinski definition) is 2. The second-order valence-corrected chi connectivity index (χ2v) is 5.52. The maximum absolute atomic E-state index is 11.8. The van der Waals surface area contributed by atoms with Crippen molar-refractivity contribution in [1.82, 2.24) is 5.32 Å². The molecular formula is C18H27NO2. The van der Waals surface area contributed by atoms with E-state index in [0.29, 0.717) is 12.8 Å². The number of unbranched alkanes of at least 4 members (excludes halogenated alkanes) is 5. The van der Waals surface area contributed by atoms with Crippen molar-refractivity contribution in [3.63, 3.8) is 0 Å². The summed E-state index contributed by atoms with van der Waals surface area (Å²) in [6, 6.07) is 9.34. The Bertz CT molecular complexity index is 403. The Morgan fingerprint density at radius 3 is 2.43 bits per heavy atom. The van der Waals surface area contributed by atoms with Gasteiger partial charge in [0.2, 0.25) is 5.91 Å². The molecule has 116 valence electrons. The highest BCUT2D eigenvalue weighted by Gasteiger charge is 2.11. The van der Waals surface area contributed by atoms with Gasteiger partial charge in [0.05, 0.1) is 6.04 Å². The normalized spacial score (nSPS) is 11.9. The number of carbonyl (C=O) groups is 2. The van der Waals surface area contributed by atoms with E-state index in [-0.39, 0.29) is 5.91 Å². The summed E-state index contributed by atoms with van der Waals surface area (Å²) in [4.78, 5) is 22.9. The summed E-state index contributed by atoms with van der Waals surface area (Å²) in [5.41, 5.74) is 1.06. The molecule has 1 N–H and O–H groups in total. The second-order valence-electron chi connectivity index (χ2n) is 5.52. The minimum absolute atomic E-state index is 0.0153. The maximum atomic E-state index is 11.8. The Morgan fingerprint density at radius 1 is 1.10 bits per heavy atom. The average Bonchev–Trinajstić information content (AvgIpc) is 2.51. The molecule has 0 aliphatic rings. The average molecular weight is 289 g/mol. The van der Waals surface area contributed by atoms with Gasteiger partial charge in [-0.05, 0) is 18.4 Å². The monoisotopic (exact) mass is 289 g/mol. The number of amides is 1. The Hall–Kier alpha value is -1.64. The van der Waals surface area contributed by atoms with Gasteiger partial charge in [-0.25, -0.2) is 0 Å². The van der Waals surface area contributed by atoms with E-state index >= 15 is 0 Å². The Kier molecular flexibility index (Phi) is 9.18. The molecule has 0 bridgehead atoms. The molecule has 1 atom stereocenters. The Morgan fingerprint density at radius 2 is 1.76 bits per heavy atom. The SMILES string of the molecule is CCCCCCCCC(=O)NC(C=O)Cc1ccccc1. The molecule has 1 rings (SSSR count). The number of benzene rings is 1.